The predicted octanol–water partition coefficient (Wildman–Crippen LogP) is 5.32. The summed E-state index contributed by atoms with van der Waals surface area (Å²) in [7, 11) is 0. The third-order valence-corrected chi connectivity index (χ3v) is 4.69. The molecule has 4 rings (SSSR count). The van der Waals surface area contributed by atoms with Gasteiger partial charge in [-0.3, -0.25) is 0 Å². The summed E-state index contributed by atoms with van der Waals surface area (Å²) in [5.74, 6) is -1.95. The molecule has 0 heterocycles. The van der Waals surface area contributed by atoms with E-state index in [0.29, 0.717) is 23.7 Å². The van der Waals surface area contributed by atoms with Gasteiger partial charge in [-0.15, -0.1) is 0 Å². The molecule has 2 aliphatic carbocycles. The van der Waals surface area contributed by atoms with E-state index in [2.05, 4.69) is 0 Å². The van der Waals surface area contributed by atoms with Crippen molar-refractivity contribution in [3.8, 4) is 28.0 Å². The lowest BCUT2D eigenvalue weighted by molar-refractivity contribution is 0.242. The first-order valence-electron chi connectivity index (χ1n) is 7.61. The molecule has 0 radical (unpaired) electrons. The molecule has 2 aromatic carbocycles. The van der Waals surface area contributed by atoms with E-state index in [1.54, 1.807) is 12.1 Å². The Morgan fingerprint density at radius 3 is 2.23 bits per heavy atom. The second kappa shape index (κ2) is 5.04. The summed E-state index contributed by atoms with van der Waals surface area (Å²) in [6, 6.07) is 5.84. The SMILES string of the molecule is Fc1ccc2c(c1F)-c1c-2ccc(OCC2CCCC2)c1F. The van der Waals surface area contributed by atoms with Crippen molar-refractivity contribution in [3.63, 3.8) is 0 Å². The van der Waals surface area contributed by atoms with Gasteiger partial charge < -0.3 is 4.74 Å². The first kappa shape index (κ1) is 13.7. The Balaban J connectivity index is 1.65. The summed E-state index contributed by atoms with van der Waals surface area (Å²) in [4.78, 5) is 0. The van der Waals surface area contributed by atoms with Crippen LogP contribution in [-0.2, 0) is 0 Å². The molecule has 1 fully saturated rings. The second-order valence-corrected chi connectivity index (χ2v) is 6.05. The molecule has 1 saturated carbocycles. The van der Waals surface area contributed by atoms with Crippen molar-refractivity contribution in [1.29, 1.82) is 0 Å². The zero-order chi connectivity index (χ0) is 15.3. The molecule has 0 spiro atoms. The maximum absolute atomic E-state index is 14.6. The molecule has 0 aromatic heterocycles. The van der Waals surface area contributed by atoms with Crippen LogP contribution in [0.1, 0.15) is 25.7 Å². The molecule has 22 heavy (non-hydrogen) atoms. The molecule has 2 aromatic rings. The topological polar surface area (TPSA) is 9.23 Å². The van der Waals surface area contributed by atoms with E-state index in [1.807, 2.05) is 0 Å². The van der Waals surface area contributed by atoms with E-state index in [1.165, 1.54) is 18.9 Å². The van der Waals surface area contributed by atoms with Crippen molar-refractivity contribution in [2.24, 2.45) is 5.92 Å². The summed E-state index contributed by atoms with van der Waals surface area (Å²) >= 11 is 0. The molecular weight excluding hydrogens is 289 g/mol. The first-order valence-corrected chi connectivity index (χ1v) is 7.61. The number of halogens is 3. The van der Waals surface area contributed by atoms with Gasteiger partial charge in [0.2, 0.25) is 0 Å². The van der Waals surface area contributed by atoms with E-state index in [0.717, 1.165) is 18.9 Å². The lowest BCUT2D eigenvalue weighted by Crippen LogP contribution is -2.11. The van der Waals surface area contributed by atoms with Gasteiger partial charge in [0.1, 0.15) is 0 Å². The Morgan fingerprint density at radius 2 is 1.50 bits per heavy atom. The number of fused-ring (bicyclic) bond motifs is 4. The number of hydrogen-bond acceptors (Lipinski definition) is 1. The van der Waals surface area contributed by atoms with Crippen LogP contribution < -0.4 is 4.74 Å². The van der Waals surface area contributed by atoms with Gasteiger partial charge in [-0.05, 0) is 48.1 Å². The molecule has 0 atom stereocenters. The van der Waals surface area contributed by atoms with Crippen molar-refractivity contribution in [2.45, 2.75) is 25.7 Å². The van der Waals surface area contributed by atoms with Crippen LogP contribution in [0.3, 0.4) is 0 Å². The summed E-state index contributed by atoms with van der Waals surface area (Å²) in [5.41, 5.74) is 1.32. The summed E-state index contributed by atoms with van der Waals surface area (Å²) < 4.78 is 47.4. The fourth-order valence-electron chi connectivity index (χ4n) is 3.48. The molecule has 0 N–H and O–H groups in total. The lowest BCUT2D eigenvalue weighted by atomic mass is 9.79. The zero-order valence-corrected chi connectivity index (χ0v) is 12.0. The highest BCUT2D eigenvalue weighted by molar-refractivity contribution is 6.03. The Kier molecular flexibility index (Phi) is 3.13. The molecule has 0 unspecified atom stereocenters. The van der Waals surface area contributed by atoms with Gasteiger partial charge in [-0.25, -0.2) is 13.2 Å². The van der Waals surface area contributed by atoms with Crippen LogP contribution in [0.15, 0.2) is 24.3 Å². The molecule has 0 bridgehead atoms. The van der Waals surface area contributed by atoms with Crippen molar-refractivity contribution in [3.05, 3.63) is 41.7 Å². The predicted molar refractivity (Wildman–Crippen MR) is 78.2 cm³/mol. The Bertz CT molecular complexity index is 748. The standard InChI is InChI=1S/C18H15F3O/c19-13-7-5-11-12-6-8-14(22-9-10-3-1-2-4-10)18(21)16(12)15(11)17(13)20/h5-8,10H,1-4,9H2. The monoisotopic (exact) mass is 304 g/mol. The van der Waals surface area contributed by atoms with Crippen LogP contribution in [-0.4, -0.2) is 6.61 Å². The average Bonchev–Trinajstić information content (AvgIpc) is 2.99. The van der Waals surface area contributed by atoms with Gasteiger partial charge in [0.25, 0.3) is 0 Å². The van der Waals surface area contributed by atoms with E-state index < -0.39 is 17.5 Å². The molecular formula is C18H15F3O. The van der Waals surface area contributed by atoms with Crippen molar-refractivity contribution in [1.82, 2.24) is 0 Å². The summed E-state index contributed by atoms with van der Waals surface area (Å²) in [5, 5.41) is 0. The molecule has 0 aliphatic heterocycles. The molecule has 2 aliphatic rings. The molecule has 114 valence electrons. The van der Waals surface area contributed by atoms with E-state index in [9.17, 15) is 13.2 Å². The Hall–Kier alpha value is -1.97. The Labute approximate surface area is 126 Å². The van der Waals surface area contributed by atoms with Crippen LogP contribution in [0, 0.1) is 23.4 Å². The van der Waals surface area contributed by atoms with Crippen LogP contribution in [0.5, 0.6) is 5.75 Å². The van der Waals surface area contributed by atoms with Gasteiger partial charge in [0.05, 0.1) is 6.61 Å². The number of ether oxygens (including phenoxy) is 1. The Morgan fingerprint density at radius 1 is 0.864 bits per heavy atom. The third kappa shape index (κ3) is 1.93. The van der Waals surface area contributed by atoms with Crippen molar-refractivity contribution >= 4 is 0 Å². The molecule has 0 amide bonds. The molecule has 0 saturated heterocycles. The van der Waals surface area contributed by atoms with Gasteiger partial charge >= 0.3 is 0 Å². The molecule has 4 heteroatoms. The van der Waals surface area contributed by atoms with Crippen LogP contribution >= 0.6 is 0 Å². The summed E-state index contributed by atoms with van der Waals surface area (Å²) in [6.07, 6.45) is 4.60. The van der Waals surface area contributed by atoms with Crippen LogP contribution in [0.4, 0.5) is 13.2 Å². The highest BCUT2D eigenvalue weighted by Gasteiger charge is 2.32. The molecule has 1 nitrogen and oxygen atoms in total. The third-order valence-electron chi connectivity index (χ3n) is 4.69. The largest absolute Gasteiger partial charge is 0.490 e. The first-order chi connectivity index (χ1) is 10.7. The maximum Gasteiger partial charge on any atom is 0.173 e. The quantitative estimate of drug-likeness (QED) is 0.636. The normalized spacial score (nSPS) is 16.1. The highest BCUT2D eigenvalue weighted by Crippen LogP contribution is 2.52. The fourth-order valence-corrected chi connectivity index (χ4v) is 3.48. The van der Waals surface area contributed by atoms with Gasteiger partial charge in [0, 0.05) is 11.1 Å². The van der Waals surface area contributed by atoms with Crippen LogP contribution in [0.25, 0.3) is 22.3 Å². The average molecular weight is 304 g/mol. The van der Waals surface area contributed by atoms with E-state index >= 15 is 0 Å². The second-order valence-electron chi connectivity index (χ2n) is 6.05. The minimum atomic E-state index is -0.989. The van der Waals surface area contributed by atoms with Crippen molar-refractivity contribution in [2.75, 3.05) is 6.61 Å². The summed E-state index contributed by atoms with van der Waals surface area (Å²) in [6.45, 7) is 0.480. The zero-order valence-electron chi connectivity index (χ0n) is 12.0. The van der Waals surface area contributed by atoms with E-state index in [-0.39, 0.29) is 16.9 Å². The van der Waals surface area contributed by atoms with E-state index in [4.69, 9.17) is 4.74 Å². The van der Waals surface area contributed by atoms with Gasteiger partial charge in [-0.2, -0.15) is 0 Å². The van der Waals surface area contributed by atoms with Crippen LogP contribution in [0.2, 0.25) is 0 Å². The van der Waals surface area contributed by atoms with Crippen molar-refractivity contribution < 1.29 is 17.9 Å². The number of rotatable bonds is 3. The lowest BCUT2D eigenvalue weighted by Gasteiger charge is -2.26. The maximum atomic E-state index is 14.6. The fraction of sp³-hybridized carbons (Fsp3) is 0.333. The minimum absolute atomic E-state index is 0.0267. The number of benzene rings is 2. The highest BCUT2D eigenvalue weighted by atomic mass is 19.2. The number of hydrogen-bond donors (Lipinski definition) is 0. The smallest absolute Gasteiger partial charge is 0.173 e. The van der Waals surface area contributed by atoms with Gasteiger partial charge in [0.15, 0.2) is 23.2 Å². The van der Waals surface area contributed by atoms with Gasteiger partial charge in [-0.1, -0.05) is 18.9 Å². The minimum Gasteiger partial charge on any atom is -0.490 e.